The molecule has 2 heterocycles. The Kier molecular flexibility index (Phi) is 3.54. The Bertz CT molecular complexity index is 1050. The number of aryl methyl sites for hydroxylation is 2. The van der Waals surface area contributed by atoms with E-state index >= 15 is 0 Å². The van der Waals surface area contributed by atoms with Gasteiger partial charge in [0.25, 0.3) is 10.0 Å². The first-order valence-corrected chi connectivity index (χ1v) is 8.36. The molecule has 0 aliphatic heterocycles. The molecule has 23 heavy (non-hydrogen) atoms. The van der Waals surface area contributed by atoms with Gasteiger partial charge in [0.1, 0.15) is 5.65 Å². The normalized spacial score (nSPS) is 11.3. The number of hydrogen-bond donors (Lipinski definition) is 1. The molecule has 0 atom stereocenters. The third kappa shape index (κ3) is 2.76. The summed E-state index contributed by atoms with van der Waals surface area (Å²) in [5.41, 5.74) is 3.19. The molecule has 3 rings (SSSR count). The van der Waals surface area contributed by atoms with Gasteiger partial charge in [-0.3, -0.25) is 4.72 Å². The predicted molar refractivity (Wildman–Crippen MR) is 86.6 cm³/mol. The van der Waals surface area contributed by atoms with Crippen molar-refractivity contribution in [2.24, 2.45) is 0 Å². The molecule has 1 aromatic carbocycles. The van der Waals surface area contributed by atoms with Crippen molar-refractivity contribution >= 4 is 21.4 Å². The highest BCUT2D eigenvalue weighted by Gasteiger charge is 2.16. The summed E-state index contributed by atoms with van der Waals surface area (Å²) >= 11 is 0. The summed E-state index contributed by atoms with van der Waals surface area (Å²) in [6, 6.07) is 9.85. The minimum atomic E-state index is -3.72. The molecule has 2 aromatic heterocycles. The Morgan fingerprint density at radius 2 is 2.00 bits per heavy atom. The van der Waals surface area contributed by atoms with Gasteiger partial charge in [0.15, 0.2) is 0 Å². The summed E-state index contributed by atoms with van der Waals surface area (Å²) in [7, 11) is -3.72. The summed E-state index contributed by atoms with van der Waals surface area (Å²) in [5.74, 6) is 0. The van der Waals surface area contributed by atoms with Gasteiger partial charge in [0, 0.05) is 18.1 Å². The van der Waals surface area contributed by atoms with Crippen LogP contribution in [0.1, 0.15) is 16.8 Å². The molecule has 0 aliphatic rings. The maximum Gasteiger partial charge on any atom is 0.261 e. The largest absolute Gasteiger partial charge is 0.302 e. The summed E-state index contributed by atoms with van der Waals surface area (Å²) in [6.07, 6.45) is 3.41. The molecule has 7 heteroatoms. The fourth-order valence-electron chi connectivity index (χ4n) is 2.31. The van der Waals surface area contributed by atoms with Gasteiger partial charge in [-0.2, -0.15) is 5.26 Å². The first-order chi connectivity index (χ1) is 10.9. The Hall–Kier alpha value is -2.85. The quantitative estimate of drug-likeness (QED) is 0.801. The second-order valence-electron chi connectivity index (χ2n) is 5.24. The summed E-state index contributed by atoms with van der Waals surface area (Å²) in [6.45, 7) is 3.60. The predicted octanol–water partition coefficient (Wildman–Crippen LogP) is 2.62. The second-order valence-corrected chi connectivity index (χ2v) is 6.92. The van der Waals surface area contributed by atoms with Crippen LogP contribution in [0, 0.1) is 25.2 Å². The van der Waals surface area contributed by atoms with Crippen molar-refractivity contribution in [2.45, 2.75) is 18.7 Å². The number of aromatic nitrogens is 2. The fourth-order valence-corrected chi connectivity index (χ4v) is 3.43. The number of pyridine rings is 1. The van der Waals surface area contributed by atoms with Crippen molar-refractivity contribution in [3.63, 3.8) is 0 Å². The van der Waals surface area contributed by atoms with Crippen LogP contribution in [0.5, 0.6) is 0 Å². The van der Waals surface area contributed by atoms with Crippen LogP contribution >= 0.6 is 0 Å². The topological polar surface area (TPSA) is 87.3 Å². The van der Waals surface area contributed by atoms with E-state index in [0.717, 1.165) is 11.3 Å². The van der Waals surface area contributed by atoms with E-state index in [1.165, 1.54) is 18.2 Å². The Labute approximate surface area is 134 Å². The van der Waals surface area contributed by atoms with Crippen molar-refractivity contribution < 1.29 is 8.42 Å². The smallest absolute Gasteiger partial charge is 0.261 e. The van der Waals surface area contributed by atoms with E-state index < -0.39 is 10.0 Å². The molecule has 0 spiro atoms. The fraction of sp³-hybridized carbons (Fsp3) is 0.125. The number of hydrogen-bond acceptors (Lipinski definition) is 4. The average Bonchev–Trinajstić information content (AvgIpc) is 2.88. The summed E-state index contributed by atoms with van der Waals surface area (Å²) in [5, 5.41) is 8.93. The number of nitrogens with zero attached hydrogens (tertiary/aromatic N) is 3. The van der Waals surface area contributed by atoms with Crippen molar-refractivity contribution in [2.75, 3.05) is 4.72 Å². The van der Waals surface area contributed by atoms with Gasteiger partial charge in [-0.1, -0.05) is 0 Å². The molecule has 0 aliphatic carbocycles. The van der Waals surface area contributed by atoms with Crippen molar-refractivity contribution in [1.82, 2.24) is 9.38 Å². The SMILES string of the molecule is Cc1cc(S(=O)(=O)Nc2ccc3ncc(C)n3c2)ccc1C#N. The zero-order valence-electron chi connectivity index (χ0n) is 12.6. The van der Waals surface area contributed by atoms with Crippen LogP contribution in [-0.2, 0) is 10.0 Å². The highest BCUT2D eigenvalue weighted by molar-refractivity contribution is 7.92. The average molecular weight is 326 g/mol. The highest BCUT2D eigenvalue weighted by Crippen LogP contribution is 2.20. The van der Waals surface area contributed by atoms with E-state index in [9.17, 15) is 8.42 Å². The van der Waals surface area contributed by atoms with Gasteiger partial charge < -0.3 is 4.40 Å². The van der Waals surface area contributed by atoms with Gasteiger partial charge in [-0.15, -0.1) is 0 Å². The molecular formula is C16H14N4O2S. The van der Waals surface area contributed by atoms with Crippen LogP contribution in [0.2, 0.25) is 0 Å². The monoisotopic (exact) mass is 326 g/mol. The number of nitriles is 1. The lowest BCUT2D eigenvalue weighted by atomic mass is 10.1. The number of anilines is 1. The van der Waals surface area contributed by atoms with E-state index in [-0.39, 0.29) is 4.90 Å². The van der Waals surface area contributed by atoms with E-state index in [1.54, 1.807) is 31.5 Å². The molecule has 116 valence electrons. The molecule has 0 saturated heterocycles. The second kappa shape index (κ2) is 5.41. The van der Waals surface area contributed by atoms with Gasteiger partial charge >= 0.3 is 0 Å². The van der Waals surface area contributed by atoms with E-state index in [0.29, 0.717) is 16.8 Å². The van der Waals surface area contributed by atoms with Crippen LogP contribution in [0.25, 0.3) is 5.65 Å². The van der Waals surface area contributed by atoms with Crippen LogP contribution in [0.4, 0.5) is 5.69 Å². The number of sulfonamides is 1. The third-order valence-electron chi connectivity index (χ3n) is 3.57. The Morgan fingerprint density at radius 1 is 1.22 bits per heavy atom. The molecule has 0 amide bonds. The number of nitrogens with one attached hydrogen (secondary N) is 1. The molecular weight excluding hydrogens is 312 g/mol. The zero-order chi connectivity index (χ0) is 16.6. The summed E-state index contributed by atoms with van der Waals surface area (Å²) in [4.78, 5) is 4.32. The molecule has 1 N–H and O–H groups in total. The minimum Gasteiger partial charge on any atom is -0.302 e. The number of benzene rings is 1. The van der Waals surface area contributed by atoms with E-state index in [2.05, 4.69) is 9.71 Å². The van der Waals surface area contributed by atoms with Gasteiger partial charge in [0.2, 0.25) is 0 Å². The standard InChI is InChI=1S/C16H14N4O2S/c1-11-7-15(5-3-13(11)8-17)23(21,22)19-14-4-6-16-18-9-12(2)20(16)10-14/h3-7,9-10,19H,1-2H3. The maximum absolute atomic E-state index is 12.5. The van der Waals surface area contributed by atoms with E-state index in [1.807, 2.05) is 17.4 Å². The first-order valence-electron chi connectivity index (χ1n) is 6.88. The van der Waals surface area contributed by atoms with E-state index in [4.69, 9.17) is 5.26 Å². The maximum atomic E-state index is 12.5. The van der Waals surface area contributed by atoms with Crippen LogP contribution in [0.3, 0.4) is 0 Å². The van der Waals surface area contributed by atoms with Gasteiger partial charge in [-0.05, 0) is 49.7 Å². The Balaban J connectivity index is 1.98. The molecule has 3 aromatic rings. The van der Waals surface area contributed by atoms with Crippen LogP contribution in [0.15, 0.2) is 47.6 Å². The number of rotatable bonds is 3. The molecule has 0 unspecified atom stereocenters. The molecule has 0 radical (unpaired) electrons. The van der Waals surface area contributed by atoms with Crippen LogP contribution < -0.4 is 4.72 Å². The van der Waals surface area contributed by atoms with Crippen molar-refractivity contribution in [3.05, 3.63) is 59.5 Å². The van der Waals surface area contributed by atoms with Crippen molar-refractivity contribution in [1.29, 1.82) is 5.26 Å². The molecule has 0 saturated carbocycles. The van der Waals surface area contributed by atoms with Gasteiger partial charge in [0.05, 0.1) is 22.2 Å². The lowest BCUT2D eigenvalue weighted by Crippen LogP contribution is -2.13. The number of fused-ring (bicyclic) bond motifs is 1. The lowest BCUT2D eigenvalue weighted by molar-refractivity contribution is 0.601. The minimum absolute atomic E-state index is 0.122. The Morgan fingerprint density at radius 3 is 2.70 bits per heavy atom. The van der Waals surface area contributed by atoms with Crippen molar-refractivity contribution in [3.8, 4) is 6.07 Å². The third-order valence-corrected chi connectivity index (χ3v) is 4.95. The first kappa shape index (κ1) is 15.1. The highest BCUT2D eigenvalue weighted by atomic mass is 32.2. The van der Waals surface area contributed by atoms with Gasteiger partial charge in [-0.25, -0.2) is 13.4 Å². The van der Waals surface area contributed by atoms with Crippen LogP contribution in [-0.4, -0.2) is 17.8 Å². The molecule has 0 bridgehead atoms. The molecule has 0 fully saturated rings. The zero-order valence-corrected chi connectivity index (χ0v) is 13.4. The lowest BCUT2D eigenvalue weighted by Gasteiger charge is -2.10. The molecule has 6 nitrogen and oxygen atoms in total. The number of imidazole rings is 1. The summed E-state index contributed by atoms with van der Waals surface area (Å²) < 4.78 is 29.3.